The highest BCUT2D eigenvalue weighted by molar-refractivity contribution is 6.30. The van der Waals surface area contributed by atoms with Crippen molar-refractivity contribution in [3.63, 3.8) is 0 Å². The predicted molar refractivity (Wildman–Crippen MR) is 53.8 cm³/mol. The van der Waals surface area contributed by atoms with Gasteiger partial charge in [-0.05, 0) is 24.5 Å². The Bertz CT molecular complexity index is 299. The van der Waals surface area contributed by atoms with E-state index in [0.29, 0.717) is 5.15 Å². The number of halogens is 1. The first kappa shape index (κ1) is 10.5. The van der Waals surface area contributed by atoms with Crippen molar-refractivity contribution in [3.8, 4) is 0 Å². The van der Waals surface area contributed by atoms with Crippen molar-refractivity contribution in [2.24, 2.45) is 5.92 Å². The van der Waals surface area contributed by atoms with Crippen LogP contribution in [0.2, 0.25) is 5.15 Å². The highest BCUT2D eigenvalue weighted by Gasteiger charge is 2.15. The summed E-state index contributed by atoms with van der Waals surface area (Å²) in [6.45, 7) is 5.83. The molecule has 0 aromatic carbocycles. The summed E-state index contributed by atoms with van der Waals surface area (Å²) in [5, 5.41) is 10.2. The van der Waals surface area contributed by atoms with Gasteiger partial charge < -0.3 is 5.11 Å². The van der Waals surface area contributed by atoms with Crippen molar-refractivity contribution in [2.75, 3.05) is 0 Å². The van der Waals surface area contributed by atoms with Crippen LogP contribution in [0.5, 0.6) is 0 Å². The first-order valence-electron chi connectivity index (χ1n) is 4.32. The largest absolute Gasteiger partial charge is 0.388 e. The Labute approximate surface area is 83.6 Å². The quantitative estimate of drug-likeness (QED) is 0.744. The Hall–Kier alpha value is -0.600. The van der Waals surface area contributed by atoms with Crippen LogP contribution in [-0.4, -0.2) is 10.1 Å². The van der Waals surface area contributed by atoms with E-state index in [2.05, 4.69) is 4.98 Å². The number of pyridine rings is 1. The molecule has 0 aliphatic heterocycles. The molecule has 1 N–H and O–H groups in total. The van der Waals surface area contributed by atoms with Crippen LogP contribution in [-0.2, 0) is 0 Å². The SMILES string of the molecule is Cc1cnc(Cl)c(C(O)C(C)C)c1. The number of nitrogens with zero attached hydrogens (tertiary/aromatic N) is 1. The fourth-order valence-electron chi connectivity index (χ4n) is 1.14. The summed E-state index contributed by atoms with van der Waals surface area (Å²) in [6, 6.07) is 1.88. The Balaban J connectivity index is 3.05. The zero-order valence-corrected chi connectivity index (χ0v) is 8.84. The number of aliphatic hydroxyl groups excluding tert-OH is 1. The topological polar surface area (TPSA) is 33.1 Å². The van der Waals surface area contributed by atoms with Crippen LogP contribution in [0.25, 0.3) is 0 Å². The second kappa shape index (κ2) is 4.07. The first-order valence-corrected chi connectivity index (χ1v) is 4.70. The van der Waals surface area contributed by atoms with Gasteiger partial charge in [-0.2, -0.15) is 0 Å². The Morgan fingerprint density at radius 2 is 2.08 bits per heavy atom. The summed E-state index contributed by atoms with van der Waals surface area (Å²) in [6.07, 6.45) is 1.17. The minimum Gasteiger partial charge on any atom is -0.388 e. The second-order valence-electron chi connectivity index (χ2n) is 3.58. The molecule has 0 amide bonds. The average Bonchev–Trinajstić information content (AvgIpc) is 2.08. The van der Waals surface area contributed by atoms with E-state index < -0.39 is 6.10 Å². The molecule has 0 spiro atoms. The number of aryl methyl sites for hydroxylation is 1. The molecule has 1 atom stereocenters. The van der Waals surface area contributed by atoms with Crippen molar-refractivity contribution in [2.45, 2.75) is 26.9 Å². The molecule has 0 aliphatic carbocycles. The highest BCUT2D eigenvalue weighted by atomic mass is 35.5. The summed E-state index contributed by atoms with van der Waals surface area (Å²) in [4.78, 5) is 3.99. The Morgan fingerprint density at radius 3 is 2.62 bits per heavy atom. The van der Waals surface area contributed by atoms with Crippen LogP contribution in [0.4, 0.5) is 0 Å². The van der Waals surface area contributed by atoms with Crippen LogP contribution >= 0.6 is 11.6 Å². The molecule has 1 heterocycles. The van der Waals surface area contributed by atoms with Crippen LogP contribution in [0, 0.1) is 12.8 Å². The second-order valence-corrected chi connectivity index (χ2v) is 3.94. The zero-order chi connectivity index (χ0) is 10.0. The molecule has 1 rings (SSSR count). The molecular formula is C10H14ClNO. The van der Waals surface area contributed by atoms with E-state index in [4.69, 9.17) is 11.6 Å². The molecule has 1 aromatic heterocycles. The van der Waals surface area contributed by atoms with Crippen molar-refractivity contribution in [1.82, 2.24) is 4.98 Å². The maximum Gasteiger partial charge on any atom is 0.134 e. The summed E-state index contributed by atoms with van der Waals surface area (Å²) < 4.78 is 0. The van der Waals surface area contributed by atoms with Gasteiger partial charge in [-0.3, -0.25) is 0 Å². The van der Waals surface area contributed by atoms with E-state index in [1.165, 1.54) is 0 Å². The molecule has 0 saturated carbocycles. The molecule has 72 valence electrons. The van der Waals surface area contributed by atoms with Crippen LogP contribution in [0.3, 0.4) is 0 Å². The standard InChI is InChI=1S/C10H14ClNO/c1-6(2)9(13)8-4-7(3)5-12-10(8)11/h4-6,9,13H,1-3H3. The fraction of sp³-hybridized carbons (Fsp3) is 0.500. The average molecular weight is 200 g/mol. The number of hydrogen-bond donors (Lipinski definition) is 1. The van der Waals surface area contributed by atoms with Gasteiger partial charge in [-0.15, -0.1) is 0 Å². The molecule has 1 aromatic rings. The van der Waals surface area contributed by atoms with Crippen LogP contribution in [0.1, 0.15) is 31.1 Å². The molecule has 3 heteroatoms. The van der Waals surface area contributed by atoms with Crippen molar-refractivity contribution in [3.05, 3.63) is 28.5 Å². The lowest BCUT2D eigenvalue weighted by Gasteiger charge is -2.15. The third-order valence-corrected chi connectivity index (χ3v) is 2.27. The first-order chi connectivity index (χ1) is 6.02. The smallest absolute Gasteiger partial charge is 0.134 e. The van der Waals surface area contributed by atoms with Gasteiger partial charge in [0.25, 0.3) is 0 Å². The van der Waals surface area contributed by atoms with Gasteiger partial charge in [-0.1, -0.05) is 25.4 Å². The van der Waals surface area contributed by atoms with E-state index in [0.717, 1.165) is 11.1 Å². The molecule has 0 aliphatic rings. The molecule has 0 saturated heterocycles. The van der Waals surface area contributed by atoms with Gasteiger partial charge >= 0.3 is 0 Å². The summed E-state index contributed by atoms with van der Waals surface area (Å²) in [5.74, 6) is 0.154. The third-order valence-electron chi connectivity index (χ3n) is 1.95. The molecule has 2 nitrogen and oxygen atoms in total. The molecule has 13 heavy (non-hydrogen) atoms. The van der Waals surface area contributed by atoms with Gasteiger partial charge in [0.1, 0.15) is 5.15 Å². The van der Waals surface area contributed by atoms with E-state index in [9.17, 15) is 5.11 Å². The lowest BCUT2D eigenvalue weighted by Crippen LogP contribution is -2.07. The minimum atomic E-state index is -0.528. The minimum absolute atomic E-state index is 0.154. The Kier molecular flexibility index (Phi) is 3.28. The third kappa shape index (κ3) is 2.42. The number of rotatable bonds is 2. The van der Waals surface area contributed by atoms with E-state index in [1.807, 2.05) is 26.8 Å². The maximum atomic E-state index is 9.78. The van der Waals surface area contributed by atoms with Crippen LogP contribution in [0.15, 0.2) is 12.3 Å². The van der Waals surface area contributed by atoms with Gasteiger partial charge in [0, 0.05) is 11.8 Å². The maximum absolute atomic E-state index is 9.78. The van der Waals surface area contributed by atoms with Gasteiger partial charge in [0.15, 0.2) is 0 Å². The van der Waals surface area contributed by atoms with Gasteiger partial charge in [0.2, 0.25) is 0 Å². The lowest BCUT2D eigenvalue weighted by molar-refractivity contribution is 0.126. The lowest BCUT2D eigenvalue weighted by atomic mass is 10.00. The number of aliphatic hydroxyl groups is 1. The van der Waals surface area contributed by atoms with E-state index >= 15 is 0 Å². The molecule has 0 bridgehead atoms. The summed E-state index contributed by atoms with van der Waals surface area (Å²) >= 11 is 5.86. The van der Waals surface area contributed by atoms with Crippen LogP contribution < -0.4 is 0 Å². The fourth-order valence-corrected chi connectivity index (χ4v) is 1.36. The summed E-state index contributed by atoms with van der Waals surface area (Å²) in [5.41, 5.74) is 1.73. The van der Waals surface area contributed by atoms with Crippen molar-refractivity contribution in [1.29, 1.82) is 0 Å². The van der Waals surface area contributed by atoms with Crippen molar-refractivity contribution < 1.29 is 5.11 Å². The predicted octanol–water partition coefficient (Wildman–Crippen LogP) is 2.73. The Morgan fingerprint density at radius 1 is 1.46 bits per heavy atom. The van der Waals surface area contributed by atoms with Crippen molar-refractivity contribution >= 4 is 11.6 Å². The molecule has 1 unspecified atom stereocenters. The monoisotopic (exact) mass is 199 g/mol. The molecule has 0 fully saturated rings. The normalized spacial score (nSPS) is 13.4. The highest BCUT2D eigenvalue weighted by Crippen LogP contribution is 2.26. The van der Waals surface area contributed by atoms with E-state index in [-0.39, 0.29) is 5.92 Å². The number of aromatic nitrogens is 1. The summed E-state index contributed by atoms with van der Waals surface area (Å²) in [7, 11) is 0. The molecule has 0 radical (unpaired) electrons. The van der Waals surface area contributed by atoms with E-state index in [1.54, 1.807) is 6.20 Å². The zero-order valence-electron chi connectivity index (χ0n) is 8.08. The number of hydrogen-bond acceptors (Lipinski definition) is 2. The van der Waals surface area contributed by atoms with Gasteiger partial charge in [-0.25, -0.2) is 4.98 Å². The van der Waals surface area contributed by atoms with Gasteiger partial charge in [0.05, 0.1) is 6.10 Å². The molecular weight excluding hydrogens is 186 g/mol.